The molecule has 0 aliphatic heterocycles. The number of aromatic nitrogens is 3. The van der Waals surface area contributed by atoms with Crippen LogP contribution in [0.15, 0.2) is 18.2 Å². The number of rotatable bonds is 3. The Bertz CT molecular complexity index is 595. The van der Waals surface area contributed by atoms with E-state index in [-0.39, 0.29) is 11.6 Å². The zero-order valence-corrected chi connectivity index (χ0v) is 10.5. The summed E-state index contributed by atoms with van der Waals surface area (Å²) in [5.41, 5.74) is 0. The molecule has 2 aromatic rings. The molecule has 0 fully saturated rings. The van der Waals surface area contributed by atoms with E-state index >= 15 is 0 Å². The molecule has 1 aromatic carbocycles. The molecule has 1 aromatic heterocycles. The third-order valence-corrected chi connectivity index (χ3v) is 2.89. The van der Waals surface area contributed by atoms with Crippen molar-refractivity contribution in [2.45, 2.75) is 6.61 Å². The number of benzene rings is 1. The lowest BCUT2D eigenvalue weighted by atomic mass is 10.3. The van der Waals surface area contributed by atoms with Crippen LogP contribution in [0.2, 0.25) is 5.02 Å². The van der Waals surface area contributed by atoms with Gasteiger partial charge in [0, 0.05) is 13.1 Å². The summed E-state index contributed by atoms with van der Waals surface area (Å²) in [6.45, 7) is 0.228. The zero-order chi connectivity index (χ0) is 12.4. The molecule has 0 radical (unpaired) electrons. The van der Waals surface area contributed by atoms with E-state index in [1.165, 1.54) is 18.2 Å². The van der Waals surface area contributed by atoms with E-state index in [1.54, 1.807) is 11.6 Å². The van der Waals surface area contributed by atoms with Crippen molar-refractivity contribution < 1.29 is 9.13 Å². The fraction of sp³-hybridized carbons (Fsp3) is 0.200. The third-order valence-electron chi connectivity index (χ3n) is 2.23. The summed E-state index contributed by atoms with van der Waals surface area (Å²) >= 11 is 10.6. The van der Waals surface area contributed by atoms with E-state index in [1.807, 2.05) is 0 Å². The largest absolute Gasteiger partial charge is 0.486 e. The SMILES string of the molecule is Cn1c(COc2ccc(F)c(Cl)c2)n[nH]c1=S. The van der Waals surface area contributed by atoms with Crippen molar-refractivity contribution in [2.75, 3.05) is 0 Å². The number of nitrogens with zero attached hydrogens (tertiary/aromatic N) is 2. The van der Waals surface area contributed by atoms with Crippen molar-refractivity contribution in [3.05, 3.63) is 39.6 Å². The number of hydrogen-bond donors (Lipinski definition) is 1. The van der Waals surface area contributed by atoms with Crippen molar-refractivity contribution in [1.82, 2.24) is 14.8 Å². The number of H-pyrrole nitrogens is 1. The van der Waals surface area contributed by atoms with Crippen LogP contribution in [0.1, 0.15) is 5.82 Å². The monoisotopic (exact) mass is 273 g/mol. The van der Waals surface area contributed by atoms with Crippen molar-refractivity contribution in [3.63, 3.8) is 0 Å². The number of hydrogen-bond acceptors (Lipinski definition) is 3. The third kappa shape index (κ3) is 2.65. The molecule has 0 saturated heterocycles. The Labute approximate surface area is 107 Å². The first-order chi connectivity index (χ1) is 8.08. The normalized spacial score (nSPS) is 10.5. The molecule has 2 rings (SSSR count). The van der Waals surface area contributed by atoms with Crippen molar-refractivity contribution in [3.8, 4) is 5.75 Å². The second kappa shape index (κ2) is 4.85. The Hall–Kier alpha value is -1.40. The molecule has 17 heavy (non-hydrogen) atoms. The minimum atomic E-state index is -0.475. The number of nitrogens with one attached hydrogen (secondary N) is 1. The lowest BCUT2D eigenvalue weighted by Crippen LogP contribution is -2.03. The predicted molar refractivity (Wildman–Crippen MR) is 64.1 cm³/mol. The summed E-state index contributed by atoms with van der Waals surface area (Å²) < 4.78 is 20.5. The van der Waals surface area contributed by atoms with Crippen LogP contribution in [0.5, 0.6) is 5.75 Å². The highest BCUT2D eigenvalue weighted by molar-refractivity contribution is 7.71. The molecule has 4 nitrogen and oxygen atoms in total. The molecule has 0 amide bonds. The minimum Gasteiger partial charge on any atom is -0.486 e. The van der Waals surface area contributed by atoms with E-state index in [0.29, 0.717) is 16.3 Å². The van der Waals surface area contributed by atoms with Gasteiger partial charge in [-0.25, -0.2) is 4.39 Å². The van der Waals surface area contributed by atoms with E-state index in [0.717, 1.165) is 0 Å². The van der Waals surface area contributed by atoms with Gasteiger partial charge in [-0.05, 0) is 24.4 Å². The zero-order valence-electron chi connectivity index (χ0n) is 8.91. The van der Waals surface area contributed by atoms with Gasteiger partial charge in [-0.1, -0.05) is 11.6 Å². The van der Waals surface area contributed by atoms with Gasteiger partial charge < -0.3 is 9.30 Å². The van der Waals surface area contributed by atoms with Gasteiger partial charge in [0.2, 0.25) is 0 Å². The lowest BCUT2D eigenvalue weighted by Gasteiger charge is -2.05. The standard InChI is InChI=1S/C10H9ClFN3OS/c1-15-9(13-14-10(15)17)5-16-6-2-3-8(12)7(11)4-6/h2-4H,5H2,1H3,(H,14,17). The van der Waals surface area contributed by atoms with Crippen LogP contribution in [0.3, 0.4) is 0 Å². The van der Waals surface area contributed by atoms with Crippen LogP contribution < -0.4 is 4.74 Å². The van der Waals surface area contributed by atoms with E-state index in [2.05, 4.69) is 10.2 Å². The highest BCUT2D eigenvalue weighted by Crippen LogP contribution is 2.21. The Morgan fingerprint density at radius 2 is 2.35 bits per heavy atom. The van der Waals surface area contributed by atoms with Crippen LogP contribution in [0.25, 0.3) is 0 Å². The number of aromatic amines is 1. The molecule has 0 aliphatic carbocycles. The van der Waals surface area contributed by atoms with Crippen LogP contribution >= 0.6 is 23.8 Å². The smallest absolute Gasteiger partial charge is 0.194 e. The van der Waals surface area contributed by atoms with Crippen molar-refractivity contribution in [1.29, 1.82) is 0 Å². The molecule has 0 atom stereocenters. The van der Waals surface area contributed by atoms with Crippen LogP contribution in [-0.2, 0) is 13.7 Å². The van der Waals surface area contributed by atoms with Gasteiger partial charge in [0.15, 0.2) is 10.6 Å². The quantitative estimate of drug-likeness (QED) is 0.875. The van der Waals surface area contributed by atoms with Gasteiger partial charge in [-0.15, -0.1) is 0 Å². The molecule has 0 spiro atoms. The lowest BCUT2D eigenvalue weighted by molar-refractivity contribution is 0.290. The Balaban J connectivity index is 2.10. The van der Waals surface area contributed by atoms with Gasteiger partial charge in [0.1, 0.15) is 18.2 Å². The highest BCUT2D eigenvalue weighted by atomic mass is 35.5. The Kier molecular flexibility index (Phi) is 3.44. The molecular formula is C10H9ClFN3OS. The van der Waals surface area contributed by atoms with E-state index in [9.17, 15) is 4.39 Å². The highest BCUT2D eigenvalue weighted by Gasteiger charge is 2.05. The van der Waals surface area contributed by atoms with Crippen molar-refractivity contribution >= 4 is 23.8 Å². The maximum Gasteiger partial charge on any atom is 0.194 e. The van der Waals surface area contributed by atoms with E-state index < -0.39 is 5.82 Å². The summed E-state index contributed by atoms with van der Waals surface area (Å²) in [4.78, 5) is 0. The van der Waals surface area contributed by atoms with E-state index in [4.69, 9.17) is 28.6 Å². The summed E-state index contributed by atoms with van der Waals surface area (Å²) in [6, 6.07) is 4.17. The summed E-state index contributed by atoms with van der Waals surface area (Å²) in [7, 11) is 1.78. The molecule has 1 heterocycles. The molecular weight excluding hydrogens is 265 g/mol. The number of halogens is 2. The summed E-state index contributed by atoms with van der Waals surface area (Å²) in [6.07, 6.45) is 0. The molecule has 7 heteroatoms. The fourth-order valence-corrected chi connectivity index (χ4v) is 1.54. The molecule has 1 N–H and O–H groups in total. The van der Waals surface area contributed by atoms with Crippen LogP contribution in [0.4, 0.5) is 4.39 Å². The fourth-order valence-electron chi connectivity index (χ4n) is 1.22. The second-order valence-corrected chi connectivity index (χ2v) is 4.16. The number of ether oxygens (including phenoxy) is 1. The van der Waals surface area contributed by atoms with Crippen LogP contribution in [0, 0.1) is 10.6 Å². The molecule has 0 aliphatic rings. The average molecular weight is 274 g/mol. The van der Waals surface area contributed by atoms with Gasteiger partial charge >= 0.3 is 0 Å². The van der Waals surface area contributed by atoms with Crippen molar-refractivity contribution in [2.24, 2.45) is 7.05 Å². The van der Waals surface area contributed by atoms with Gasteiger partial charge in [0.05, 0.1) is 5.02 Å². The first-order valence-electron chi connectivity index (χ1n) is 4.76. The average Bonchev–Trinajstić information content (AvgIpc) is 2.62. The summed E-state index contributed by atoms with van der Waals surface area (Å²) in [5, 5.41) is 6.65. The Morgan fingerprint density at radius 3 is 2.94 bits per heavy atom. The Morgan fingerprint density at radius 1 is 1.59 bits per heavy atom. The topological polar surface area (TPSA) is 42.8 Å². The molecule has 0 saturated carbocycles. The first-order valence-corrected chi connectivity index (χ1v) is 5.54. The predicted octanol–water partition coefficient (Wildman–Crippen LogP) is 2.85. The molecule has 0 unspecified atom stereocenters. The maximum absolute atomic E-state index is 12.9. The minimum absolute atomic E-state index is 0.0258. The molecule has 90 valence electrons. The van der Waals surface area contributed by atoms with Crippen LogP contribution in [-0.4, -0.2) is 14.8 Å². The second-order valence-electron chi connectivity index (χ2n) is 3.37. The molecule has 0 bridgehead atoms. The summed E-state index contributed by atoms with van der Waals surface area (Å²) in [5.74, 6) is 0.651. The van der Waals surface area contributed by atoms with Gasteiger partial charge in [-0.3, -0.25) is 5.10 Å². The van der Waals surface area contributed by atoms with Gasteiger partial charge in [-0.2, -0.15) is 5.10 Å². The first kappa shape index (κ1) is 12.1. The maximum atomic E-state index is 12.9. The van der Waals surface area contributed by atoms with Gasteiger partial charge in [0.25, 0.3) is 0 Å².